The van der Waals surface area contributed by atoms with Gasteiger partial charge in [0.1, 0.15) is 5.82 Å². The van der Waals surface area contributed by atoms with E-state index in [-0.39, 0.29) is 5.02 Å². The number of hydrogen-bond donors (Lipinski definition) is 0. The van der Waals surface area contributed by atoms with Crippen molar-refractivity contribution < 1.29 is 9.18 Å². The van der Waals surface area contributed by atoms with E-state index >= 15 is 0 Å². The van der Waals surface area contributed by atoms with Gasteiger partial charge in [0.05, 0.1) is 5.02 Å². The van der Waals surface area contributed by atoms with Crippen molar-refractivity contribution in [3.05, 3.63) is 70.6 Å². The molecule has 1 aromatic heterocycles. The Kier molecular flexibility index (Phi) is 3.28. The molecule has 0 aliphatic rings. The molecular formula is C16H11ClFNO. The van der Waals surface area contributed by atoms with E-state index in [4.69, 9.17) is 11.6 Å². The van der Waals surface area contributed by atoms with E-state index in [9.17, 15) is 9.18 Å². The van der Waals surface area contributed by atoms with Crippen LogP contribution in [0.4, 0.5) is 4.39 Å². The quantitative estimate of drug-likeness (QED) is 0.659. The zero-order chi connectivity index (χ0) is 14.1. The van der Waals surface area contributed by atoms with Gasteiger partial charge in [-0.2, -0.15) is 0 Å². The second-order valence-electron chi connectivity index (χ2n) is 4.60. The maximum absolute atomic E-state index is 13.2. The molecule has 20 heavy (non-hydrogen) atoms. The zero-order valence-corrected chi connectivity index (χ0v) is 11.3. The van der Waals surface area contributed by atoms with Crippen molar-refractivity contribution in [2.24, 2.45) is 0 Å². The molecule has 0 bridgehead atoms. The largest absolute Gasteiger partial charge is 0.342 e. The number of nitrogens with zero attached hydrogens (tertiary/aromatic N) is 1. The van der Waals surface area contributed by atoms with Gasteiger partial charge < -0.3 is 4.57 Å². The summed E-state index contributed by atoms with van der Waals surface area (Å²) in [5.74, 6) is -0.429. The van der Waals surface area contributed by atoms with Gasteiger partial charge in [0, 0.05) is 29.2 Å². The van der Waals surface area contributed by atoms with Crippen LogP contribution in [0.2, 0.25) is 5.02 Å². The minimum absolute atomic E-state index is 0.106. The molecule has 3 aromatic rings. The van der Waals surface area contributed by atoms with Gasteiger partial charge in [-0.3, -0.25) is 4.79 Å². The van der Waals surface area contributed by atoms with Crippen molar-refractivity contribution >= 4 is 28.8 Å². The highest BCUT2D eigenvalue weighted by Gasteiger charge is 2.08. The Morgan fingerprint density at radius 2 is 2.00 bits per heavy atom. The third-order valence-electron chi connectivity index (χ3n) is 3.28. The number of aromatic nitrogens is 1. The number of carbonyl (C=O) groups excluding carboxylic acids is 1. The lowest BCUT2D eigenvalue weighted by Crippen LogP contribution is -1.98. The molecule has 3 rings (SSSR count). The van der Waals surface area contributed by atoms with Crippen LogP contribution in [-0.2, 0) is 6.54 Å². The summed E-state index contributed by atoms with van der Waals surface area (Å²) in [5.41, 5.74) is 2.50. The molecule has 0 N–H and O–H groups in total. The van der Waals surface area contributed by atoms with Gasteiger partial charge in [0.2, 0.25) is 0 Å². The SMILES string of the molecule is O=Cc1cn(Cc2ccc(F)c(Cl)c2)c2ccccc12. The minimum Gasteiger partial charge on any atom is -0.342 e. The summed E-state index contributed by atoms with van der Waals surface area (Å²) in [4.78, 5) is 11.1. The highest BCUT2D eigenvalue weighted by atomic mass is 35.5. The van der Waals surface area contributed by atoms with E-state index in [1.165, 1.54) is 6.07 Å². The van der Waals surface area contributed by atoms with Crippen molar-refractivity contribution in [2.45, 2.75) is 6.54 Å². The molecule has 4 heteroatoms. The Morgan fingerprint density at radius 1 is 1.20 bits per heavy atom. The fourth-order valence-electron chi connectivity index (χ4n) is 2.33. The first kappa shape index (κ1) is 12.9. The van der Waals surface area contributed by atoms with Crippen LogP contribution in [0.25, 0.3) is 10.9 Å². The van der Waals surface area contributed by atoms with Crippen LogP contribution < -0.4 is 0 Å². The number of halogens is 2. The number of rotatable bonds is 3. The molecule has 2 aromatic carbocycles. The van der Waals surface area contributed by atoms with Crippen LogP contribution in [0, 0.1) is 5.82 Å². The first-order valence-corrected chi connectivity index (χ1v) is 6.54. The molecule has 0 amide bonds. The number of benzene rings is 2. The lowest BCUT2D eigenvalue weighted by atomic mass is 10.2. The first-order chi connectivity index (χ1) is 9.69. The summed E-state index contributed by atoms with van der Waals surface area (Å²) < 4.78 is 15.1. The lowest BCUT2D eigenvalue weighted by molar-refractivity contribution is 0.112. The molecule has 2 nitrogen and oxygen atoms in total. The predicted octanol–water partition coefficient (Wildman–Crippen LogP) is 4.29. The molecule has 0 aliphatic heterocycles. The fraction of sp³-hybridized carbons (Fsp3) is 0.0625. The van der Waals surface area contributed by atoms with Gasteiger partial charge in [-0.05, 0) is 23.8 Å². The van der Waals surface area contributed by atoms with E-state index in [1.807, 2.05) is 28.8 Å². The van der Waals surface area contributed by atoms with Gasteiger partial charge in [-0.1, -0.05) is 35.9 Å². The van der Waals surface area contributed by atoms with Crippen molar-refractivity contribution in [1.29, 1.82) is 0 Å². The predicted molar refractivity (Wildman–Crippen MR) is 77.8 cm³/mol. The lowest BCUT2D eigenvalue weighted by Gasteiger charge is -2.06. The van der Waals surface area contributed by atoms with Gasteiger partial charge in [0.15, 0.2) is 6.29 Å². The highest BCUT2D eigenvalue weighted by Crippen LogP contribution is 2.22. The third kappa shape index (κ3) is 2.21. The standard InChI is InChI=1S/C16H11ClFNO/c17-14-7-11(5-6-15(14)18)8-19-9-12(10-20)13-3-1-2-4-16(13)19/h1-7,9-10H,8H2. The fourth-order valence-corrected chi connectivity index (χ4v) is 2.54. The Labute approximate surface area is 120 Å². The van der Waals surface area contributed by atoms with Crippen LogP contribution >= 0.6 is 11.6 Å². The maximum Gasteiger partial charge on any atom is 0.152 e. The molecule has 0 unspecified atom stereocenters. The number of aldehydes is 1. The molecule has 0 aliphatic carbocycles. The van der Waals surface area contributed by atoms with E-state index < -0.39 is 5.82 Å². The van der Waals surface area contributed by atoms with Gasteiger partial charge >= 0.3 is 0 Å². The summed E-state index contributed by atoms with van der Waals surface area (Å²) in [6, 6.07) is 12.3. The van der Waals surface area contributed by atoms with Crippen LogP contribution in [0.3, 0.4) is 0 Å². The number of fused-ring (bicyclic) bond motifs is 1. The number of hydrogen-bond acceptors (Lipinski definition) is 1. The van der Waals surface area contributed by atoms with E-state index in [1.54, 1.807) is 18.3 Å². The molecule has 0 saturated carbocycles. The Morgan fingerprint density at radius 3 is 2.75 bits per heavy atom. The topological polar surface area (TPSA) is 22.0 Å². The van der Waals surface area contributed by atoms with E-state index in [0.717, 1.165) is 22.8 Å². The summed E-state index contributed by atoms with van der Waals surface area (Å²) in [6.45, 7) is 0.536. The first-order valence-electron chi connectivity index (χ1n) is 6.16. The molecule has 100 valence electrons. The Hall–Kier alpha value is -2.13. The second kappa shape index (κ2) is 5.10. The smallest absolute Gasteiger partial charge is 0.152 e. The Balaban J connectivity index is 2.06. The van der Waals surface area contributed by atoms with Gasteiger partial charge in [0.25, 0.3) is 0 Å². The minimum atomic E-state index is -0.429. The van der Waals surface area contributed by atoms with Crippen LogP contribution in [-0.4, -0.2) is 10.9 Å². The average Bonchev–Trinajstić information content (AvgIpc) is 2.81. The Bertz CT molecular complexity index is 794. The third-order valence-corrected chi connectivity index (χ3v) is 3.57. The van der Waals surface area contributed by atoms with Crippen molar-refractivity contribution in [2.75, 3.05) is 0 Å². The van der Waals surface area contributed by atoms with E-state index in [2.05, 4.69) is 0 Å². The van der Waals surface area contributed by atoms with Gasteiger partial charge in [-0.15, -0.1) is 0 Å². The molecule has 0 spiro atoms. The highest BCUT2D eigenvalue weighted by molar-refractivity contribution is 6.30. The van der Waals surface area contributed by atoms with Crippen molar-refractivity contribution in [3.63, 3.8) is 0 Å². The van der Waals surface area contributed by atoms with Gasteiger partial charge in [-0.25, -0.2) is 4.39 Å². The summed E-state index contributed by atoms with van der Waals surface area (Å²) in [5, 5.41) is 1.02. The summed E-state index contributed by atoms with van der Waals surface area (Å²) in [7, 11) is 0. The average molecular weight is 288 g/mol. The van der Waals surface area contributed by atoms with Crippen LogP contribution in [0.1, 0.15) is 15.9 Å². The normalized spacial score (nSPS) is 10.9. The molecular weight excluding hydrogens is 277 g/mol. The van der Waals surface area contributed by atoms with E-state index in [0.29, 0.717) is 12.1 Å². The molecule has 0 radical (unpaired) electrons. The molecule has 0 atom stereocenters. The number of carbonyl (C=O) groups is 1. The molecule has 0 saturated heterocycles. The zero-order valence-electron chi connectivity index (χ0n) is 10.5. The second-order valence-corrected chi connectivity index (χ2v) is 5.00. The summed E-state index contributed by atoms with van der Waals surface area (Å²) in [6.07, 6.45) is 2.64. The maximum atomic E-state index is 13.2. The van der Waals surface area contributed by atoms with Crippen molar-refractivity contribution in [3.8, 4) is 0 Å². The van der Waals surface area contributed by atoms with Crippen LogP contribution in [0.5, 0.6) is 0 Å². The van der Waals surface area contributed by atoms with Crippen LogP contribution in [0.15, 0.2) is 48.7 Å². The summed E-state index contributed by atoms with van der Waals surface area (Å²) >= 11 is 5.79. The number of para-hydroxylation sites is 1. The molecule has 1 heterocycles. The monoisotopic (exact) mass is 287 g/mol. The molecule has 0 fully saturated rings. The van der Waals surface area contributed by atoms with Crippen molar-refractivity contribution in [1.82, 2.24) is 4.57 Å².